The molecule has 3 nitrogen and oxygen atoms in total. The van der Waals surface area contributed by atoms with Crippen molar-refractivity contribution in [3.05, 3.63) is 23.8 Å². The monoisotopic (exact) mass is 246 g/mol. The first kappa shape index (κ1) is 12.9. The van der Waals surface area contributed by atoms with E-state index in [1.807, 2.05) is 25.8 Å². The van der Waals surface area contributed by atoms with Crippen molar-refractivity contribution in [3.63, 3.8) is 0 Å². The van der Waals surface area contributed by atoms with Crippen molar-refractivity contribution in [1.82, 2.24) is 0 Å². The van der Waals surface area contributed by atoms with E-state index in [4.69, 9.17) is 0 Å². The smallest absolute Gasteiger partial charge is 0.223 e. The van der Waals surface area contributed by atoms with Gasteiger partial charge in [-0.1, -0.05) is 19.9 Å². The molecule has 1 heterocycles. The molecule has 1 amide bonds. The lowest BCUT2D eigenvalue weighted by molar-refractivity contribution is -0.116. The maximum Gasteiger partial charge on any atom is 0.223 e. The minimum Gasteiger partial charge on any atom is -0.388 e. The molecular formula is C15H22N2O. The van der Waals surface area contributed by atoms with Gasteiger partial charge in [0.25, 0.3) is 0 Å². The molecule has 0 radical (unpaired) electrons. The van der Waals surface area contributed by atoms with E-state index in [1.54, 1.807) is 6.92 Å². The summed E-state index contributed by atoms with van der Waals surface area (Å²) in [4.78, 5) is 13.5. The predicted molar refractivity (Wildman–Crippen MR) is 76.3 cm³/mol. The van der Waals surface area contributed by atoms with Crippen molar-refractivity contribution in [2.45, 2.75) is 39.0 Å². The van der Waals surface area contributed by atoms with E-state index < -0.39 is 0 Å². The fraction of sp³-hybridized carbons (Fsp3) is 0.533. The van der Waals surface area contributed by atoms with Gasteiger partial charge in [-0.2, -0.15) is 0 Å². The predicted octanol–water partition coefficient (Wildman–Crippen LogP) is 3.15. The van der Waals surface area contributed by atoms with E-state index in [1.165, 1.54) is 18.4 Å². The number of amides is 1. The highest BCUT2D eigenvalue weighted by Gasteiger charge is 2.52. The third-order valence-electron chi connectivity index (χ3n) is 3.84. The van der Waals surface area contributed by atoms with Crippen LogP contribution in [-0.4, -0.2) is 19.5 Å². The van der Waals surface area contributed by atoms with Crippen LogP contribution in [0.2, 0.25) is 0 Å². The Bertz CT molecular complexity index is 464. The first-order chi connectivity index (χ1) is 8.66. The lowest BCUT2D eigenvalue weighted by Crippen LogP contribution is -2.28. The Morgan fingerprint density at radius 3 is 2.50 bits per heavy atom. The van der Waals surface area contributed by atoms with Gasteiger partial charge < -0.3 is 10.2 Å². The van der Waals surface area contributed by atoms with Gasteiger partial charge in [0.15, 0.2) is 0 Å². The molecule has 1 aliphatic heterocycles. The van der Waals surface area contributed by atoms with Crippen LogP contribution in [0.15, 0.2) is 18.2 Å². The Morgan fingerprint density at radius 1 is 1.33 bits per heavy atom. The molecule has 1 aliphatic carbocycles. The molecule has 3 heteroatoms. The van der Waals surface area contributed by atoms with Crippen molar-refractivity contribution in [1.29, 1.82) is 0 Å². The second-order valence-corrected chi connectivity index (χ2v) is 4.87. The fourth-order valence-corrected chi connectivity index (χ4v) is 2.69. The van der Waals surface area contributed by atoms with Gasteiger partial charge in [0, 0.05) is 37.3 Å². The summed E-state index contributed by atoms with van der Waals surface area (Å²) in [7, 11) is 1.90. The summed E-state index contributed by atoms with van der Waals surface area (Å²) in [6, 6.07) is 6.36. The van der Waals surface area contributed by atoms with Crippen molar-refractivity contribution in [2.75, 3.05) is 23.8 Å². The minimum absolute atomic E-state index is 0.151. The largest absolute Gasteiger partial charge is 0.388 e. The van der Waals surface area contributed by atoms with E-state index >= 15 is 0 Å². The first-order valence-electron chi connectivity index (χ1n) is 6.77. The number of nitrogens with one attached hydrogen (secondary N) is 1. The van der Waals surface area contributed by atoms with Crippen LogP contribution in [0.3, 0.4) is 0 Å². The molecule has 1 saturated carbocycles. The Balaban J connectivity index is 0.000000574. The number of carbonyl (C=O) groups is 1. The van der Waals surface area contributed by atoms with Gasteiger partial charge in [0.2, 0.25) is 5.91 Å². The highest BCUT2D eigenvalue weighted by Crippen LogP contribution is 2.56. The van der Waals surface area contributed by atoms with Crippen LogP contribution in [0.5, 0.6) is 0 Å². The number of carbonyl (C=O) groups excluding carboxylic acids is 1. The highest BCUT2D eigenvalue weighted by molar-refractivity contribution is 5.95. The molecule has 0 atom stereocenters. The zero-order valence-corrected chi connectivity index (χ0v) is 11.7. The third kappa shape index (κ3) is 1.88. The number of hydrogen-bond acceptors (Lipinski definition) is 2. The van der Waals surface area contributed by atoms with Crippen LogP contribution in [0, 0.1) is 0 Å². The van der Waals surface area contributed by atoms with Crippen LogP contribution in [0.4, 0.5) is 11.4 Å². The second-order valence-electron chi connectivity index (χ2n) is 4.87. The highest BCUT2D eigenvalue weighted by atomic mass is 16.2. The maximum atomic E-state index is 11.6. The van der Waals surface area contributed by atoms with Gasteiger partial charge in [0.1, 0.15) is 0 Å². The van der Waals surface area contributed by atoms with Gasteiger partial charge in [-0.25, -0.2) is 0 Å². The van der Waals surface area contributed by atoms with E-state index in [0.29, 0.717) is 5.41 Å². The Morgan fingerprint density at radius 2 is 2.00 bits per heavy atom. The molecule has 0 bridgehead atoms. The summed E-state index contributed by atoms with van der Waals surface area (Å²) in [5.74, 6) is 0.151. The minimum atomic E-state index is 0.151. The van der Waals surface area contributed by atoms with Crippen molar-refractivity contribution in [2.24, 2.45) is 0 Å². The molecule has 1 fully saturated rings. The van der Waals surface area contributed by atoms with Gasteiger partial charge in [-0.15, -0.1) is 0 Å². The summed E-state index contributed by atoms with van der Waals surface area (Å²) in [6.45, 7) is 6.53. The number of fused-ring (bicyclic) bond motifs is 2. The van der Waals surface area contributed by atoms with E-state index in [0.717, 1.165) is 17.9 Å². The zero-order valence-electron chi connectivity index (χ0n) is 11.7. The number of anilines is 2. The third-order valence-corrected chi connectivity index (χ3v) is 3.84. The standard InChI is InChI=1S/C13H16N2O.C2H6/c1-9(16)15-8-13(5-6-13)11-4-3-10(14-2)7-12(11)15;1-2/h3-4,7,14H,5-6,8H2,1-2H3;1-2H3. The molecule has 1 spiro atoms. The number of nitrogens with zero attached hydrogens (tertiary/aromatic N) is 1. The molecule has 2 aliphatic rings. The van der Waals surface area contributed by atoms with Crippen molar-refractivity contribution < 1.29 is 4.79 Å². The van der Waals surface area contributed by atoms with Crippen LogP contribution in [0.25, 0.3) is 0 Å². The molecule has 0 saturated heterocycles. The van der Waals surface area contributed by atoms with Crippen LogP contribution < -0.4 is 10.2 Å². The molecule has 1 aromatic rings. The van der Waals surface area contributed by atoms with E-state index in [-0.39, 0.29) is 5.91 Å². The first-order valence-corrected chi connectivity index (χ1v) is 6.77. The molecular weight excluding hydrogens is 224 g/mol. The zero-order chi connectivity index (χ0) is 13.3. The van der Waals surface area contributed by atoms with Gasteiger partial charge in [-0.3, -0.25) is 4.79 Å². The summed E-state index contributed by atoms with van der Waals surface area (Å²) in [5.41, 5.74) is 3.84. The SMILES string of the molecule is CC.CNc1ccc2c(c1)N(C(C)=O)CC21CC1. The van der Waals surface area contributed by atoms with Gasteiger partial charge in [0.05, 0.1) is 0 Å². The maximum absolute atomic E-state index is 11.6. The van der Waals surface area contributed by atoms with Crippen molar-refractivity contribution >= 4 is 17.3 Å². The average molecular weight is 246 g/mol. The van der Waals surface area contributed by atoms with E-state index in [2.05, 4.69) is 23.5 Å². The molecule has 18 heavy (non-hydrogen) atoms. The quantitative estimate of drug-likeness (QED) is 0.825. The van der Waals surface area contributed by atoms with Crippen LogP contribution >= 0.6 is 0 Å². The average Bonchev–Trinajstić information content (AvgIpc) is 3.10. The number of hydrogen-bond donors (Lipinski definition) is 1. The summed E-state index contributed by atoms with van der Waals surface area (Å²) >= 11 is 0. The molecule has 1 aromatic carbocycles. The second kappa shape index (κ2) is 4.63. The number of rotatable bonds is 1. The van der Waals surface area contributed by atoms with Crippen LogP contribution in [0.1, 0.15) is 39.2 Å². The Labute approximate surface area is 109 Å². The van der Waals surface area contributed by atoms with Crippen LogP contribution in [-0.2, 0) is 10.2 Å². The van der Waals surface area contributed by atoms with Gasteiger partial charge in [-0.05, 0) is 30.5 Å². The molecule has 1 N–H and O–H groups in total. The summed E-state index contributed by atoms with van der Waals surface area (Å²) in [6.07, 6.45) is 2.45. The lowest BCUT2D eigenvalue weighted by atomic mass is 9.98. The number of benzene rings is 1. The Hall–Kier alpha value is -1.51. The molecule has 3 rings (SSSR count). The van der Waals surface area contributed by atoms with Crippen molar-refractivity contribution in [3.8, 4) is 0 Å². The normalized spacial score (nSPS) is 17.9. The summed E-state index contributed by atoms with van der Waals surface area (Å²) in [5, 5.41) is 3.13. The summed E-state index contributed by atoms with van der Waals surface area (Å²) < 4.78 is 0. The molecule has 0 aromatic heterocycles. The lowest BCUT2D eigenvalue weighted by Gasteiger charge is -2.15. The topological polar surface area (TPSA) is 32.3 Å². The fourth-order valence-electron chi connectivity index (χ4n) is 2.69. The Kier molecular flexibility index (Phi) is 3.33. The van der Waals surface area contributed by atoms with E-state index in [9.17, 15) is 4.79 Å². The van der Waals surface area contributed by atoms with Gasteiger partial charge >= 0.3 is 0 Å². The molecule has 0 unspecified atom stereocenters. The molecule has 98 valence electrons.